The van der Waals surface area contributed by atoms with Crippen LogP contribution < -0.4 is 10.6 Å². The van der Waals surface area contributed by atoms with Gasteiger partial charge in [0.2, 0.25) is 11.8 Å². The van der Waals surface area contributed by atoms with Crippen LogP contribution in [0.2, 0.25) is 0 Å². The van der Waals surface area contributed by atoms with E-state index in [1.165, 1.54) is 6.92 Å². The van der Waals surface area contributed by atoms with Crippen LogP contribution in [0, 0.1) is 17.0 Å². The van der Waals surface area contributed by atoms with Crippen molar-refractivity contribution in [1.82, 2.24) is 9.97 Å². The van der Waals surface area contributed by atoms with E-state index in [2.05, 4.69) is 20.6 Å². The maximum atomic E-state index is 11.4. The van der Waals surface area contributed by atoms with Gasteiger partial charge in [0.05, 0.1) is 10.7 Å². The molecule has 0 radical (unpaired) electrons. The van der Waals surface area contributed by atoms with E-state index in [1.54, 1.807) is 14.0 Å². The van der Waals surface area contributed by atoms with E-state index in [9.17, 15) is 18.5 Å². The van der Waals surface area contributed by atoms with Crippen LogP contribution in [-0.4, -0.2) is 48.4 Å². The molecule has 0 saturated carbocycles. The van der Waals surface area contributed by atoms with Crippen molar-refractivity contribution in [1.29, 1.82) is 0 Å². The zero-order chi connectivity index (χ0) is 15.3. The largest absolute Gasteiger partial charge is 0.363 e. The number of hydrogen-bond acceptors (Lipinski definition) is 8. The molecule has 0 bridgehead atoms. The van der Waals surface area contributed by atoms with Crippen molar-refractivity contribution in [3.05, 3.63) is 15.8 Å². The van der Waals surface area contributed by atoms with E-state index in [0.717, 1.165) is 0 Å². The first-order chi connectivity index (χ1) is 9.30. The fourth-order valence-corrected chi connectivity index (χ4v) is 2.19. The van der Waals surface area contributed by atoms with E-state index < -0.39 is 14.8 Å². The van der Waals surface area contributed by atoms with Gasteiger partial charge in [-0.2, -0.15) is 4.98 Å². The lowest BCUT2D eigenvalue weighted by atomic mass is 10.3. The summed E-state index contributed by atoms with van der Waals surface area (Å²) in [6.45, 7) is 3.09. The minimum atomic E-state index is -3.14. The molecule has 0 saturated heterocycles. The summed E-state index contributed by atoms with van der Waals surface area (Å²) >= 11 is 0. The van der Waals surface area contributed by atoms with Crippen LogP contribution in [0.15, 0.2) is 0 Å². The van der Waals surface area contributed by atoms with Crippen LogP contribution >= 0.6 is 0 Å². The van der Waals surface area contributed by atoms with E-state index in [4.69, 9.17) is 0 Å². The highest BCUT2D eigenvalue weighted by molar-refractivity contribution is 7.91. The molecule has 0 aliphatic rings. The quantitative estimate of drug-likeness (QED) is 0.553. The van der Waals surface area contributed by atoms with Crippen molar-refractivity contribution < 1.29 is 13.3 Å². The Balaban J connectivity index is 2.98. The summed E-state index contributed by atoms with van der Waals surface area (Å²) in [6.07, 6.45) is 0. The van der Waals surface area contributed by atoms with Gasteiger partial charge in [-0.1, -0.05) is 6.92 Å². The number of hydrogen-bond donors (Lipinski definition) is 2. The summed E-state index contributed by atoms with van der Waals surface area (Å²) < 4.78 is 22.8. The molecule has 112 valence electrons. The van der Waals surface area contributed by atoms with Gasteiger partial charge >= 0.3 is 5.69 Å². The van der Waals surface area contributed by atoms with Gasteiger partial charge in [-0.25, -0.2) is 13.4 Å². The molecular formula is C10H17N5O4S. The van der Waals surface area contributed by atoms with Gasteiger partial charge in [-0.3, -0.25) is 10.1 Å². The number of nitrogens with one attached hydrogen (secondary N) is 2. The van der Waals surface area contributed by atoms with E-state index in [1.807, 2.05) is 0 Å². The highest BCUT2D eigenvalue weighted by Gasteiger charge is 2.22. The predicted molar refractivity (Wildman–Crippen MR) is 75.8 cm³/mol. The monoisotopic (exact) mass is 303 g/mol. The van der Waals surface area contributed by atoms with Crippen LogP contribution in [0.25, 0.3) is 0 Å². The molecule has 0 aliphatic carbocycles. The van der Waals surface area contributed by atoms with Gasteiger partial charge in [-0.05, 0) is 6.92 Å². The number of aryl methyl sites for hydroxylation is 1. The molecular weight excluding hydrogens is 286 g/mol. The van der Waals surface area contributed by atoms with Crippen molar-refractivity contribution >= 4 is 27.3 Å². The molecule has 1 aromatic rings. The maximum absolute atomic E-state index is 11.4. The van der Waals surface area contributed by atoms with Crippen LogP contribution in [0.1, 0.15) is 12.6 Å². The lowest BCUT2D eigenvalue weighted by molar-refractivity contribution is -0.385. The molecule has 9 nitrogen and oxygen atoms in total. The molecule has 1 aromatic heterocycles. The summed E-state index contributed by atoms with van der Waals surface area (Å²) in [5, 5.41) is 16.4. The maximum Gasteiger partial charge on any atom is 0.332 e. The Morgan fingerprint density at radius 1 is 1.35 bits per heavy atom. The number of sulfone groups is 1. The SMILES string of the molecule is CCS(=O)(=O)CCNc1nc(NC)nc(C)c1[N+](=O)[O-]. The smallest absolute Gasteiger partial charge is 0.332 e. The van der Waals surface area contributed by atoms with Crippen LogP contribution in [0.5, 0.6) is 0 Å². The van der Waals surface area contributed by atoms with E-state index in [-0.39, 0.29) is 41.2 Å². The molecule has 0 atom stereocenters. The van der Waals surface area contributed by atoms with Crippen molar-refractivity contribution in [3.63, 3.8) is 0 Å². The number of nitro groups is 1. The Kier molecular flexibility index (Phi) is 5.19. The Hall–Kier alpha value is -1.97. The summed E-state index contributed by atoms with van der Waals surface area (Å²) in [6, 6.07) is 0. The fourth-order valence-electron chi connectivity index (χ4n) is 1.49. The van der Waals surface area contributed by atoms with Gasteiger partial charge in [0, 0.05) is 19.3 Å². The Morgan fingerprint density at radius 3 is 2.50 bits per heavy atom. The van der Waals surface area contributed by atoms with Crippen LogP contribution in [-0.2, 0) is 9.84 Å². The molecule has 0 spiro atoms. The Bertz CT molecular complexity index is 602. The molecule has 10 heteroatoms. The van der Waals surface area contributed by atoms with Gasteiger partial charge in [-0.15, -0.1) is 0 Å². The second-order valence-corrected chi connectivity index (χ2v) is 6.47. The standard InChI is InChI=1S/C10H17N5O4S/c1-4-20(18,19)6-5-12-9-8(15(16)17)7(2)13-10(11-3)14-9/h4-6H2,1-3H3,(H2,11,12,13,14). The first-order valence-corrected chi connectivity index (χ1v) is 7.78. The number of anilines is 2. The molecule has 1 rings (SSSR count). The summed E-state index contributed by atoms with van der Waals surface area (Å²) in [5.74, 6) is 0.159. The molecule has 0 aliphatic heterocycles. The first-order valence-electron chi connectivity index (χ1n) is 5.95. The third kappa shape index (κ3) is 4.02. The van der Waals surface area contributed by atoms with Crippen molar-refractivity contribution in [2.45, 2.75) is 13.8 Å². The third-order valence-corrected chi connectivity index (χ3v) is 4.32. The summed E-state index contributed by atoms with van der Waals surface area (Å²) in [7, 11) is -1.55. The first kappa shape index (κ1) is 16.1. The van der Waals surface area contributed by atoms with E-state index >= 15 is 0 Å². The number of aromatic nitrogens is 2. The fraction of sp³-hybridized carbons (Fsp3) is 0.600. The molecule has 0 aromatic carbocycles. The Labute approximate surface area is 116 Å². The predicted octanol–water partition coefficient (Wildman–Crippen LogP) is 0.582. The molecule has 0 unspecified atom stereocenters. The van der Waals surface area contributed by atoms with Crippen molar-refractivity contribution in [2.75, 3.05) is 35.7 Å². The average Bonchev–Trinajstić information content (AvgIpc) is 2.37. The second-order valence-electron chi connectivity index (χ2n) is 4.00. The summed E-state index contributed by atoms with van der Waals surface area (Å²) in [5.41, 5.74) is -0.0481. The second kappa shape index (κ2) is 6.46. The molecule has 2 N–H and O–H groups in total. The van der Waals surface area contributed by atoms with Gasteiger partial charge in [0.25, 0.3) is 0 Å². The van der Waals surface area contributed by atoms with Crippen molar-refractivity contribution in [3.8, 4) is 0 Å². The third-order valence-electron chi connectivity index (χ3n) is 2.61. The average molecular weight is 303 g/mol. The van der Waals surface area contributed by atoms with Gasteiger partial charge < -0.3 is 10.6 Å². The minimum absolute atomic E-state index is 0.0122. The number of rotatable bonds is 7. The Morgan fingerprint density at radius 2 is 2.00 bits per heavy atom. The topological polar surface area (TPSA) is 127 Å². The minimum Gasteiger partial charge on any atom is -0.363 e. The molecule has 20 heavy (non-hydrogen) atoms. The van der Waals surface area contributed by atoms with E-state index in [0.29, 0.717) is 0 Å². The normalized spacial score (nSPS) is 11.2. The lowest BCUT2D eigenvalue weighted by Crippen LogP contribution is -2.19. The lowest BCUT2D eigenvalue weighted by Gasteiger charge is -2.09. The molecule has 0 amide bonds. The molecule has 1 heterocycles. The highest BCUT2D eigenvalue weighted by Crippen LogP contribution is 2.26. The zero-order valence-electron chi connectivity index (χ0n) is 11.5. The van der Waals surface area contributed by atoms with Gasteiger partial charge in [0.1, 0.15) is 5.69 Å². The highest BCUT2D eigenvalue weighted by atomic mass is 32.2. The van der Waals surface area contributed by atoms with Crippen LogP contribution in [0.4, 0.5) is 17.5 Å². The summed E-state index contributed by atoms with van der Waals surface area (Å²) in [4.78, 5) is 18.3. The molecule has 0 fully saturated rings. The van der Waals surface area contributed by atoms with Crippen LogP contribution in [0.3, 0.4) is 0 Å². The van der Waals surface area contributed by atoms with Crippen molar-refractivity contribution in [2.24, 2.45) is 0 Å². The van der Waals surface area contributed by atoms with Gasteiger partial charge in [0.15, 0.2) is 9.84 Å². The zero-order valence-corrected chi connectivity index (χ0v) is 12.3. The number of nitrogens with zero attached hydrogens (tertiary/aromatic N) is 3.